The normalized spacial score (nSPS) is 18.3. The van der Waals surface area contributed by atoms with E-state index in [9.17, 15) is 0 Å². The van der Waals surface area contributed by atoms with E-state index in [1.54, 1.807) is 7.11 Å². The van der Waals surface area contributed by atoms with Crippen LogP contribution in [0, 0.1) is 0 Å². The molecule has 1 saturated heterocycles. The maximum absolute atomic E-state index is 5.14. The van der Waals surface area contributed by atoms with E-state index < -0.39 is 0 Å². The molecule has 0 amide bonds. The highest BCUT2D eigenvalue weighted by atomic mass is 32.1. The predicted octanol–water partition coefficient (Wildman–Crippen LogP) is 2.91. The second-order valence-electron chi connectivity index (χ2n) is 6.74. The second-order valence-corrected chi connectivity index (χ2v) is 7.72. The summed E-state index contributed by atoms with van der Waals surface area (Å²) in [6, 6.07) is 4.84. The number of rotatable bonds is 9. The molecule has 0 aromatic carbocycles. The van der Waals surface area contributed by atoms with E-state index >= 15 is 0 Å². The van der Waals surface area contributed by atoms with Crippen molar-refractivity contribution in [3.8, 4) is 0 Å². The Labute approximate surface area is 156 Å². The van der Waals surface area contributed by atoms with Gasteiger partial charge in [0.2, 0.25) is 0 Å². The first-order valence-corrected chi connectivity index (χ1v) is 10.4. The first kappa shape index (κ1) is 20.2. The predicted molar refractivity (Wildman–Crippen MR) is 108 cm³/mol. The van der Waals surface area contributed by atoms with E-state index in [4.69, 9.17) is 9.73 Å². The summed E-state index contributed by atoms with van der Waals surface area (Å²) in [5.74, 6) is 1.43. The zero-order valence-electron chi connectivity index (χ0n) is 16.0. The molecule has 5 nitrogen and oxygen atoms in total. The fourth-order valence-corrected chi connectivity index (χ4v) is 3.91. The van der Waals surface area contributed by atoms with Gasteiger partial charge in [-0.15, -0.1) is 11.3 Å². The van der Waals surface area contributed by atoms with Crippen LogP contribution in [0.1, 0.15) is 43.9 Å². The van der Waals surface area contributed by atoms with Gasteiger partial charge in [-0.1, -0.05) is 13.0 Å². The fraction of sp³-hybridized carbons (Fsp3) is 0.737. The highest BCUT2D eigenvalue weighted by molar-refractivity contribution is 7.10. The van der Waals surface area contributed by atoms with Gasteiger partial charge in [-0.3, -0.25) is 4.99 Å². The summed E-state index contributed by atoms with van der Waals surface area (Å²) < 4.78 is 5.14. The van der Waals surface area contributed by atoms with E-state index in [-0.39, 0.29) is 0 Å². The molecule has 142 valence electrons. The maximum atomic E-state index is 5.14. The standard InChI is InChI=1S/C19H34N4OS/c1-4-20-19(21-15-16(2)18-7-5-14-25-18)22-17-8-11-23(12-9-17)10-6-13-24-3/h5,7,14,16-17H,4,6,8-13,15H2,1-3H3,(H2,20,21,22). The molecule has 2 rings (SSSR count). The van der Waals surface area contributed by atoms with Crippen LogP contribution in [0.2, 0.25) is 0 Å². The number of methoxy groups -OCH3 is 1. The van der Waals surface area contributed by atoms with E-state index in [1.165, 1.54) is 17.7 Å². The lowest BCUT2D eigenvalue weighted by Gasteiger charge is -2.33. The summed E-state index contributed by atoms with van der Waals surface area (Å²) in [6.45, 7) is 10.4. The lowest BCUT2D eigenvalue weighted by molar-refractivity contribution is 0.155. The first-order valence-electron chi connectivity index (χ1n) is 9.52. The molecule has 0 saturated carbocycles. The molecule has 1 aliphatic rings. The Hall–Kier alpha value is -1.11. The smallest absolute Gasteiger partial charge is 0.191 e. The fourth-order valence-electron chi connectivity index (χ4n) is 3.14. The van der Waals surface area contributed by atoms with Crippen LogP contribution >= 0.6 is 11.3 Å². The van der Waals surface area contributed by atoms with Gasteiger partial charge >= 0.3 is 0 Å². The monoisotopic (exact) mass is 366 g/mol. The van der Waals surface area contributed by atoms with Crippen LogP contribution in [0.15, 0.2) is 22.5 Å². The number of likely N-dealkylation sites (tertiary alicyclic amines) is 1. The largest absolute Gasteiger partial charge is 0.385 e. The molecule has 6 heteroatoms. The third-order valence-corrected chi connectivity index (χ3v) is 5.75. The molecule has 0 radical (unpaired) electrons. The van der Waals surface area contributed by atoms with Crippen molar-refractivity contribution >= 4 is 17.3 Å². The maximum Gasteiger partial charge on any atom is 0.191 e. The summed E-state index contributed by atoms with van der Waals surface area (Å²) in [5.41, 5.74) is 0. The van der Waals surface area contributed by atoms with Crippen molar-refractivity contribution in [2.75, 3.05) is 46.4 Å². The van der Waals surface area contributed by atoms with Crippen LogP contribution in [0.25, 0.3) is 0 Å². The molecule has 2 heterocycles. The van der Waals surface area contributed by atoms with Crippen molar-refractivity contribution in [3.63, 3.8) is 0 Å². The van der Waals surface area contributed by atoms with Crippen molar-refractivity contribution in [3.05, 3.63) is 22.4 Å². The Morgan fingerprint density at radius 1 is 1.44 bits per heavy atom. The molecule has 1 fully saturated rings. The lowest BCUT2D eigenvalue weighted by Crippen LogP contribution is -2.49. The molecule has 25 heavy (non-hydrogen) atoms. The number of piperidine rings is 1. The van der Waals surface area contributed by atoms with Gasteiger partial charge < -0.3 is 20.3 Å². The van der Waals surface area contributed by atoms with E-state index in [2.05, 4.69) is 46.9 Å². The van der Waals surface area contributed by atoms with E-state index in [1.807, 2.05) is 11.3 Å². The van der Waals surface area contributed by atoms with Crippen molar-refractivity contribution in [1.29, 1.82) is 0 Å². The third kappa shape index (κ3) is 7.34. The minimum Gasteiger partial charge on any atom is -0.385 e. The number of aliphatic imine (C=N–C) groups is 1. The molecule has 2 N–H and O–H groups in total. The topological polar surface area (TPSA) is 48.9 Å². The average molecular weight is 367 g/mol. The minimum absolute atomic E-state index is 0.470. The molecule has 0 bridgehead atoms. The molecular formula is C19H34N4OS. The zero-order chi connectivity index (χ0) is 17.9. The van der Waals surface area contributed by atoms with Crippen molar-refractivity contribution in [1.82, 2.24) is 15.5 Å². The third-order valence-electron chi connectivity index (χ3n) is 4.65. The van der Waals surface area contributed by atoms with Crippen LogP contribution in [-0.2, 0) is 4.74 Å². The molecule has 0 aliphatic carbocycles. The Bertz CT molecular complexity index is 484. The minimum atomic E-state index is 0.470. The Morgan fingerprint density at radius 2 is 2.24 bits per heavy atom. The first-order chi connectivity index (χ1) is 12.2. The van der Waals surface area contributed by atoms with Crippen molar-refractivity contribution in [2.24, 2.45) is 4.99 Å². The summed E-state index contributed by atoms with van der Waals surface area (Å²) in [7, 11) is 1.77. The number of guanidine groups is 1. The zero-order valence-corrected chi connectivity index (χ0v) is 16.8. The Morgan fingerprint density at radius 3 is 2.88 bits per heavy atom. The second kappa shape index (κ2) is 11.5. The van der Waals surface area contributed by atoms with Gasteiger partial charge in [0.1, 0.15) is 0 Å². The summed E-state index contributed by atoms with van der Waals surface area (Å²) in [4.78, 5) is 8.76. The van der Waals surface area contributed by atoms with Gasteiger partial charge in [0.05, 0.1) is 6.54 Å². The van der Waals surface area contributed by atoms with Gasteiger partial charge in [0.25, 0.3) is 0 Å². The molecule has 1 aliphatic heterocycles. The van der Waals surface area contributed by atoms with Gasteiger partial charge in [-0.2, -0.15) is 0 Å². The molecule has 1 aromatic rings. The van der Waals surface area contributed by atoms with Crippen molar-refractivity contribution < 1.29 is 4.74 Å². The van der Waals surface area contributed by atoms with Crippen LogP contribution in [0.5, 0.6) is 0 Å². The molecular weight excluding hydrogens is 332 g/mol. The van der Waals surface area contributed by atoms with Gasteiger partial charge in [0.15, 0.2) is 5.96 Å². The Kier molecular flexibility index (Phi) is 9.29. The molecule has 1 atom stereocenters. The van der Waals surface area contributed by atoms with E-state index in [0.29, 0.717) is 12.0 Å². The van der Waals surface area contributed by atoms with Gasteiger partial charge in [0, 0.05) is 56.7 Å². The summed E-state index contributed by atoms with van der Waals surface area (Å²) >= 11 is 1.82. The van der Waals surface area contributed by atoms with Crippen LogP contribution in [-0.4, -0.2) is 63.3 Å². The van der Waals surface area contributed by atoms with Gasteiger partial charge in [-0.05, 0) is 37.6 Å². The molecule has 1 unspecified atom stereocenters. The average Bonchev–Trinajstić information content (AvgIpc) is 3.16. The highest BCUT2D eigenvalue weighted by Gasteiger charge is 2.19. The quantitative estimate of drug-likeness (QED) is 0.401. The van der Waals surface area contributed by atoms with Crippen LogP contribution in [0.4, 0.5) is 0 Å². The number of hydrogen-bond acceptors (Lipinski definition) is 4. The number of ether oxygens (including phenoxy) is 1. The van der Waals surface area contributed by atoms with Crippen molar-refractivity contribution in [2.45, 2.75) is 45.1 Å². The number of nitrogens with one attached hydrogen (secondary N) is 2. The number of nitrogens with zero attached hydrogens (tertiary/aromatic N) is 2. The van der Waals surface area contributed by atoms with E-state index in [0.717, 1.165) is 51.7 Å². The molecule has 1 aromatic heterocycles. The summed E-state index contributed by atoms with van der Waals surface area (Å²) in [6.07, 6.45) is 3.48. The molecule has 0 spiro atoms. The number of hydrogen-bond donors (Lipinski definition) is 2. The van der Waals surface area contributed by atoms with Crippen LogP contribution < -0.4 is 10.6 Å². The highest BCUT2D eigenvalue weighted by Crippen LogP contribution is 2.20. The van der Waals surface area contributed by atoms with Crippen LogP contribution in [0.3, 0.4) is 0 Å². The summed E-state index contributed by atoms with van der Waals surface area (Å²) in [5, 5.41) is 9.17. The lowest BCUT2D eigenvalue weighted by atomic mass is 10.1. The Balaban J connectivity index is 1.76. The number of thiophene rings is 1. The van der Waals surface area contributed by atoms with Gasteiger partial charge in [-0.25, -0.2) is 0 Å². The SMILES string of the molecule is CCNC(=NCC(C)c1cccs1)NC1CCN(CCCOC)CC1.